The zero-order valence-corrected chi connectivity index (χ0v) is 16.2. The van der Waals surface area contributed by atoms with E-state index in [4.69, 9.17) is 9.47 Å². The number of hydrogen-bond acceptors (Lipinski definition) is 6. The molecule has 154 valence electrons. The Labute approximate surface area is 166 Å². The smallest absolute Gasteiger partial charge is 0.344 e. The lowest BCUT2D eigenvalue weighted by atomic mass is 10.0. The van der Waals surface area contributed by atoms with Crippen molar-refractivity contribution in [1.29, 1.82) is 0 Å². The quantitative estimate of drug-likeness (QED) is 0.408. The van der Waals surface area contributed by atoms with Gasteiger partial charge in [-0.1, -0.05) is 26.0 Å². The zero-order chi connectivity index (χ0) is 21.6. The number of amides is 1. The maximum absolute atomic E-state index is 13.7. The maximum atomic E-state index is 13.7. The van der Waals surface area contributed by atoms with Crippen LogP contribution in [0.15, 0.2) is 36.4 Å². The Morgan fingerprint density at radius 3 is 2.55 bits per heavy atom. The number of non-ortho nitro benzene ring substituents is 1. The van der Waals surface area contributed by atoms with E-state index in [2.05, 4.69) is 5.32 Å². The highest BCUT2D eigenvalue weighted by molar-refractivity contribution is 5.93. The SMILES string of the molecule is Cc1ccc(C(C)C)cc1OCC(=O)OCC(=O)Nc1cc([N+](=O)[O-])ccc1F. The van der Waals surface area contributed by atoms with Crippen molar-refractivity contribution in [2.24, 2.45) is 0 Å². The van der Waals surface area contributed by atoms with Gasteiger partial charge in [-0.25, -0.2) is 9.18 Å². The molecule has 1 amide bonds. The Balaban J connectivity index is 1.87. The average molecular weight is 404 g/mol. The number of nitro benzene ring substituents is 1. The van der Waals surface area contributed by atoms with Crippen LogP contribution in [-0.2, 0) is 14.3 Å². The highest BCUT2D eigenvalue weighted by Gasteiger charge is 2.15. The van der Waals surface area contributed by atoms with E-state index in [1.807, 2.05) is 39.0 Å². The number of hydrogen-bond donors (Lipinski definition) is 1. The van der Waals surface area contributed by atoms with E-state index in [9.17, 15) is 24.1 Å². The van der Waals surface area contributed by atoms with E-state index in [-0.39, 0.29) is 11.4 Å². The molecule has 9 heteroatoms. The molecule has 0 heterocycles. The van der Waals surface area contributed by atoms with Gasteiger partial charge in [-0.15, -0.1) is 0 Å². The van der Waals surface area contributed by atoms with E-state index in [0.29, 0.717) is 11.7 Å². The molecule has 0 aliphatic rings. The number of nitro groups is 1. The highest BCUT2D eigenvalue weighted by Crippen LogP contribution is 2.24. The molecule has 29 heavy (non-hydrogen) atoms. The maximum Gasteiger partial charge on any atom is 0.344 e. The van der Waals surface area contributed by atoms with Gasteiger partial charge < -0.3 is 14.8 Å². The molecule has 0 radical (unpaired) electrons. The number of carbonyl (C=O) groups excluding carboxylic acids is 2. The van der Waals surface area contributed by atoms with E-state index < -0.39 is 35.8 Å². The molecule has 8 nitrogen and oxygen atoms in total. The third kappa shape index (κ3) is 6.27. The third-order valence-corrected chi connectivity index (χ3v) is 4.02. The number of nitrogens with one attached hydrogen (secondary N) is 1. The second kappa shape index (κ2) is 9.63. The van der Waals surface area contributed by atoms with Crippen LogP contribution < -0.4 is 10.1 Å². The Morgan fingerprint density at radius 2 is 1.90 bits per heavy atom. The van der Waals surface area contributed by atoms with Gasteiger partial charge in [-0.3, -0.25) is 14.9 Å². The number of halogens is 1. The minimum absolute atomic E-state index is 0.294. The molecule has 0 aliphatic carbocycles. The van der Waals surface area contributed by atoms with Gasteiger partial charge in [-0.2, -0.15) is 0 Å². The van der Waals surface area contributed by atoms with Crippen LogP contribution in [0.2, 0.25) is 0 Å². The van der Waals surface area contributed by atoms with Crippen molar-refractivity contribution in [3.8, 4) is 5.75 Å². The number of ether oxygens (including phenoxy) is 2. The van der Waals surface area contributed by atoms with E-state index in [1.54, 1.807) is 0 Å². The van der Waals surface area contributed by atoms with Gasteiger partial charge in [0, 0.05) is 12.1 Å². The summed E-state index contributed by atoms with van der Waals surface area (Å²) in [5.41, 5.74) is 1.14. The number of esters is 1. The first-order valence-electron chi connectivity index (χ1n) is 8.80. The first kappa shape index (κ1) is 21.8. The van der Waals surface area contributed by atoms with Crippen molar-refractivity contribution in [3.63, 3.8) is 0 Å². The monoisotopic (exact) mass is 404 g/mol. The summed E-state index contributed by atoms with van der Waals surface area (Å²) < 4.78 is 23.9. The largest absolute Gasteiger partial charge is 0.482 e. The molecule has 0 spiro atoms. The van der Waals surface area contributed by atoms with Crippen molar-refractivity contribution < 1.29 is 28.4 Å². The van der Waals surface area contributed by atoms with Crippen LogP contribution in [0.5, 0.6) is 5.75 Å². The van der Waals surface area contributed by atoms with Crippen LogP contribution in [0.25, 0.3) is 0 Å². The van der Waals surface area contributed by atoms with Crippen LogP contribution in [0, 0.1) is 22.9 Å². The summed E-state index contributed by atoms with van der Waals surface area (Å²) in [7, 11) is 0. The standard InChI is InChI=1S/C20H21FN2O6/c1-12(2)14-5-4-13(3)18(8-14)28-11-20(25)29-10-19(24)22-17-9-15(23(26)27)6-7-16(17)21/h4-9,12H,10-11H2,1-3H3,(H,22,24). The van der Waals surface area contributed by atoms with Crippen molar-refractivity contribution >= 4 is 23.3 Å². The summed E-state index contributed by atoms with van der Waals surface area (Å²) in [6.45, 7) is 4.82. The fraction of sp³-hybridized carbons (Fsp3) is 0.300. The van der Waals surface area contributed by atoms with Crippen molar-refractivity contribution in [2.75, 3.05) is 18.5 Å². The molecule has 2 aromatic carbocycles. The minimum atomic E-state index is -0.848. The summed E-state index contributed by atoms with van der Waals surface area (Å²) in [6.07, 6.45) is 0. The van der Waals surface area contributed by atoms with Crippen LogP contribution in [-0.4, -0.2) is 30.0 Å². The van der Waals surface area contributed by atoms with Gasteiger partial charge in [0.15, 0.2) is 13.2 Å². The fourth-order valence-electron chi connectivity index (χ4n) is 2.36. The number of carbonyl (C=O) groups is 2. The molecule has 0 fully saturated rings. The Morgan fingerprint density at radius 1 is 1.17 bits per heavy atom. The first-order chi connectivity index (χ1) is 13.7. The van der Waals surface area contributed by atoms with Crippen LogP contribution >= 0.6 is 0 Å². The number of aryl methyl sites for hydroxylation is 1. The molecule has 0 aliphatic heterocycles. The van der Waals surface area contributed by atoms with E-state index in [0.717, 1.165) is 29.3 Å². The fourth-order valence-corrected chi connectivity index (χ4v) is 2.36. The number of anilines is 1. The summed E-state index contributed by atoms with van der Waals surface area (Å²) in [5.74, 6) is -1.64. The van der Waals surface area contributed by atoms with Crippen molar-refractivity contribution in [2.45, 2.75) is 26.7 Å². The predicted octanol–water partition coefficient (Wildman–Crippen LogP) is 3.73. The predicted molar refractivity (Wildman–Crippen MR) is 103 cm³/mol. The second-order valence-electron chi connectivity index (χ2n) is 6.60. The normalized spacial score (nSPS) is 10.5. The van der Waals surface area contributed by atoms with Crippen LogP contribution in [0.1, 0.15) is 30.9 Å². The zero-order valence-electron chi connectivity index (χ0n) is 16.2. The minimum Gasteiger partial charge on any atom is -0.482 e. The molecule has 1 N–H and O–H groups in total. The second-order valence-corrected chi connectivity index (χ2v) is 6.60. The summed E-state index contributed by atoms with van der Waals surface area (Å²) in [6, 6.07) is 8.41. The Bertz CT molecular complexity index is 929. The molecule has 0 bridgehead atoms. The van der Waals surface area contributed by atoms with Gasteiger partial charge in [0.1, 0.15) is 11.6 Å². The number of rotatable bonds is 8. The van der Waals surface area contributed by atoms with Crippen LogP contribution in [0.3, 0.4) is 0 Å². The molecular weight excluding hydrogens is 383 g/mol. The van der Waals surface area contributed by atoms with Crippen LogP contribution in [0.4, 0.5) is 15.8 Å². The topological polar surface area (TPSA) is 108 Å². The van der Waals surface area contributed by atoms with E-state index >= 15 is 0 Å². The summed E-state index contributed by atoms with van der Waals surface area (Å²) in [4.78, 5) is 33.7. The molecule has 2 aromatic rings. The van der Waals surface area contributed by atoms with E-state index in [1.165, 1.54) is 0 Å². The summed E-state index contributed by atoms with van der Waals surface area (Å²) >= 11 is 0. The van der Waals surface area contributed by atoms with Gasteiger partial charge in [0.25, 0.3) is 11.6 Å². The molecule has 2 rings (SSSR count). The van der Waals surface area contributed by atoms with Gasteiger partial charge in [-0.05, 0) is 36.1 Å². The lowest BCUT2D eigenvalue weighted by Crippen LogP contribution is -2.24. The first-order valence-corrected chi connectivity index (χ1v) is 8.80. The molecule has 0 saturated carbocycles. The lowest BCUT2D eigenvalue weighted by Gasteiger charge is -2.12. The molecule has 0 aromatic heterocycles. The number of nitrogens with zero attached hydrogens (tertiary/aromatic N) is 1. The van der Waals surface area contributed by atoms with Gasteiger partial charge >= 0.3 is 5.97 Å². The number of benzene rings is 2. The molecule has 0 unspecified atom stereocenters. The molecule has 0 atom stereocenters. The molecular formula is C20H21FN2O6. The van der Waals surface area contributed by atoms with Crippen molar-refractivity contribution in [1.82, 2.24) is 0 Å². The highest BCUT2D eigenvalue weighted by atomic mass is 19.1. The Kier molecular flexibility index (Phi) is 7.24. The van der Waals surface area contributed by atoms with Gasteiger partial charge in [0.05, 0.1) is 10.6 Å². The Hall–Kier alpha value is -3.49. The molecule has 0 saturated heterocycles. The van der Waals surface area contributed by atoms with Crippen molar-refractivity contribution in [3.05, 3.63) is 63.5 Å². The average Bonchev–Trinajstić information content (AvgIpc) is 2.67. The lowest BCUT2D eigenvalue weighted by molar-refractivity contribution is -0.384. The summed E-state index contributed by atoms with van der Waals surface area (Å²) in [5, 5.41) is 12.9. The third-order valence-electron chi connectivity index (χ3n) is 4.02. The van der Waals surface area contributed by atoms with Gasteiger partial charge in [0.2, 0.25) is 0 Å².